The molecule has 26 heavy (non-hydrogen) atoms. The lowest BCUT2D eigenvalue weighted by Gasteiger charge is -2.23. The molecule has 0 saturated heterocycles. The van der Waals surface area contributed by atoms with Gasteiger partial charge < -0.3 is 4.74 Å². The number of nitro groups is 1. The monoisotopic (exact) mass is 367 g/mol. The van der Waals surface area contributed by atoms with E-state index in [0.717, 1.165) is 16.9 Å². The van der Waals surface area contributed by atoms with Gasteiger partial charge >= 0.3 is 0 Å². The SMILES string of the molecule is CC(C)(C)c1ccc(C#C[Si](C)(C)C)cc1Oc1ccc([N+](=O)[O-])cc1. The van der Waals surface area contributed by atoms with Crippen molar-refractivity contribution >= 4 is 13.8 Å². The van der Waals surface area contributed by atoms with Gasteiger partial charge in [-0.3, -0.25) is 10.1 Å². The third-order valence-corrected chi connectivity index (χ3v) is 4.52. The molecule has 0 aromatic heterocycles. The minimum absolute atomic E-state index is 0.0446. The zero-order valence-corrected chi connectivity index (χ0v) is 17.2. The summed E-state index contributed by atoms with van der Waals surface area (Å²) in [5, 5.41) is 10.8. The number of nitro benzene ring substituents is 1. The van der Waals surface area contributed by atoms with Gasteiger partial charge in [-0.2, -0.15) is 0 Å². The average molecular weight is 368 g/mol. The summed E-state index contributed by atoms with van der Waals surface area (Å²) in [6.45, 7) is 13.0. The zero-order valence-electron chi connectivity index (χ0n) is 16.2. The predicted molar refractivity (Wildman–Crippen MR) is 109 cm³/mol. The molecule has 136 valence electrons. The number of benzene rings is 2. The largest absolute Gasteiger partial charge is 0.457 e. The summed E-state index contributed by atoms with van der Waals surface area (Å²) in [6.07, 6.45) is 0. The van der Waals surface area contributed by atoms with E-state index in [2.05, 4.69) is 57.9 Å². The first-order valence-corrected chi connectivity index (χ1v) is 12.1. The molecule has 0 unspecified atom stereocenters. The van der Waals surface area contributed by atoms with Crippen molar-refractivity contribution in [3.8, 4) is 23.0 Å². The third-order valence-electron chi connectivity index (χ3n) is 3.65. The molecule has 0 saturated carbocycles. The molecule has 0 atom stereocenters. The number of nitrogens with zero attached hydrogens (tertiary/aromatic N) is 1. The Balaban J connectivity index is 2.42. The van der Waals surface area contributed by atoms with Crippen molar-refractivity contribution in [3.63, 3.8) is 0 Å². The van der Waals surface area contributed by atoms with Crippen molar-refractivity contribution < 1.29 is 9.66 Å². The van der Waals surface area contributed by atoms with Crippen molar-refractivity contribution in [2.24, 2.45) is 0 Å². The van der Waals surface area contributed by atoms with Crippen LogP contribution in [0.3, 0.4) is 0 Å². The van der Waals surface area contributed by atoms with E-state index >= 15 is 0 Å². The maximum Gasteiger partial charge on any atom is 0.269 e. The molecule has 0 aliphatic heterocycles. The summed E-state index contributed by atoms with van der Waals surface area (Å²) in [7, 11) is -1.46. The number of ether oxygens (including phenoxy) is 1. The van der Waals surface area contributed by atoms with Gasteiger partial charge in [-0.25, -0.2) is 0 Å². The smallest absolute Gasteiger partial charge is 0.269 e. The van der Waals surface area contributed by atoms with Gasteiger partial charge in [-0.1, -0.05) is 52.4 Å². The molecule has 5 heteroatoms. The molecule has 0 heterocycles. The van der Waals surface area contributed by atoms with Crippen molar-refractivity contribution in [2.45, 2.75) is 45.8 Å². The van der Waals surface area contributed by atoms with Crippen molar-refractivity contribution in [1.82, 2.24) is 0 Å². The first-order valence-electron chi connectivity index (χ1n) is 8.56. The van der Waals surface area contributed by atoms with Gasteiger partial charge in [-0.05, 0) is 29.7 Å². The summed E-state index contributed by atoms with van der Waals surface area (Å²) >= 11 is 0. The van der Waals surface area contributed by atoms with Crippen LogP contribution in [0.2, 0.25) is 19.6 Å². The summed E-state index contributed by atoms with van der Waals surface area (Å²) in [6, 6.07) is 12.2. The van der Waals surface area contributed by atoms with E-state index in [1.165, 1.54) is 12.1 Å². The van der Waals surface area contributed by atoms with Gasteiger partial charge in [0.05, 0.1) is 4.92 Å². The van der Waals surface area contributed by atoms with Gasteiger partial charge in [0.2, 0.25) is 0 Å². The van der Waals surface area contributed by atoms with Crippen LogP contribution in [0.25, 0.3) is 0 Å². The molecule has 0 spiro atoms. The Labute approximate surface area is 156 Å². The molecule has 2 aromatic carbocycles. The minimum Gasteiger partial charge on any atom is -0.457 e. The molecular formula is C21H25NO3Si. The average Bonchev–Trinajstić information content (AvgIpc) is 2.52. The second-order valence-corrected chi connectivity index (χ2v) is 13.1. The molecule has 0 bridgehead atoms. The van der Waals surface area contributed by atoms with E-state index in [1.807, 2.05) is 12.1 Å². The number of rotatable bonds is 3. The molecule has 0 fully saturated rings. The summed E-state index contributed by atoms with van der Waals surface area (Å²) < 4.78 is 6.06. The van der Waals surface area contributed by atoms with Crippen molar-refractivity contribution in [1.29, 1.82) is 0 Å². The standard InChI is InChI=1S/C21H25NO3Si/c1-21(2,3)19-12-7-16(13-14-26(4,5)6)15-20(19)25-18-10-8-17(9-11-18)22(23)24/h7-12,15H,1-6H3. The van der Waals surface area contributed by atoms with E-state index in [-0.39, 0.29) is 11.1 Å². The summed E-state index contributed by atoms with van der Waals surface area (Å²) in [5.74, 6) is 4.55. The van der Waals surface area contributed by atoms with Gasteiger partial charge in [0, 0.05) is 23.3 Å². The van der Waals surface area contributed by atoms with E-state index in [0.29, 0.717) is 5.75 Å². The topological polar surface area (TPSA) is 52.4 Å². The van der Waals surface area contributed by atoms with E-state index < -0.39 is 13.0 Å². The Kier molecular flexibility index (Phi) is 5.58. The third kappa shape index (κ3) is 5.47. The van der Waals surface area contributed by atoms with Crippen LogP contribution in [0.15, 0.2) is 42.5 Å². The van der Waals surface area contributed by atoms with Crippen LogP contribution in [0.4, 0.5) is 5.69 Å². The van der Waals surface area contributed by atoms with Crippen LogP contribution < -0.4 is 4.74 Å². The minimum atomic E-state index is -1.46. The van der Waals surface area contributed by atoms with Crippen LogP contribution in [0.1, 0.15) is 31.9 Å². The molecule has 0 amide bonds. The van der Waals surface area contributed by atoms with Gasteiger partial charge in [0.25, 0.3) is 5.69 Å². The molecule has 0 radical (unpaired) electrons. The van der Waals surface area contributed by atoms with Gasteiger partial charge in [0.15, 0.2) is 0 Å². The normalized spacial score (nSPS) is 11.5. The zero-order chi connectivity index (χ0) is 19.5. The quantitative estimate of drug-likeness (QED) is 0.293. The molecule has 4 nitrogen and oxygen atoms in total. The highest BCUT2D eigenvalue weighted by molar-refractivity contribution is 6.83. The molecule has 0 aliphatic carbocycles. The van der Waals surface area contributed by atoms with Crippen LogP contribution in [0.5, 0.6) is 11.5 Å². The summed E-state index contributed by atoms with van der Waals surface area (Å²) in [4.78, 5) is 10.4. The van der Waals surface area contributed by atoms with Crippen LogP contribution in [-0.4, -0.2) is 13.0 Å². The Hall–Kier alpha value is -2.58. The lowest BCUT2D eigenvalue weighted by atomic mass is 9.86. The highest BCUT2D eigenvalue weighted by atomic mass is 28.3. The molecule has 0 N–H and O–H groups in total. The highest BCUT2D eigenvalue weighted by Crippen LogP contribution is 2.35. The second kappa shape index (κ2) is 7.34. The molecule has 0 aliphatic rings. The van der Waals surface area contributed by atoms with Crippen molar-refractivity contribution in [2.75, 3.05) is 0 Å². The van der Waals surface area contributed by atoms with Gasteiger partial charge in [-0.15, -0.1) is 5.54 Å². The second-order valence-electron chi connectivity index (χ2n) is 8.31. The molecule has 2 aromatic rings. The number of hydrogen-bond donors (Lipinski definition) is 0. The lowest BCUT2D eigenvalue weighted by Crippen LogP contribution is -2.16. The van der Waals surface area contributed by atoms with Crippen LogP contribution in [-0.2, 0) is 5.41 Å². The number of hydrogen-bond acceptors (Lipinski definition) is 3. The summed E-state index contributed by atoms with van der Waals surface area (Å²) in [5.41, 5.74) is 5.29. The Morgan fingerprint density at radius 3 is 2.15 bits per heavy atom. The molecular weight excluding hydrogens is 342 g/mol. The lowest BCUT2D eigenvalue weighted by molar-refractivity contribution is -0.384. The maximum absolute atomic E-state index is 10.8. The number of non-ortho nitro benzene ring substituents is 1. The van der Waals surface area contributed by atoms with Crippen molar-refractivity contribution in [3.05, 3.63) is 63.7 Å². The van der Waals surface area contributed by atoms with E-state index in [1.54, 1.807) is 12.1 Å². The Bertz CT molecular complexity index is 863. The van der Waals surface area contributed by atoms with Gasteiger partial charge in [0.1, 0.15) is 19.6 Å². The first kappa shape index (κ1) is 19.7. The fraction of sp³-hybridized carbons (Fsp3) is 0.333. The molecule has 2 rings (SSSR count). The Morgan fingerprint density at radius 1 is 1.04 bits per heavy atom. The Morgan fingerprint density at radius 2 is 1.65 bits per heavy atom. The fourth-order valence-electron chi connectivity index (χ4n) is 2.33. The highest BCUT2D eigenvalue weighted by Gasteiger charge is 2.20. The maximum atomic E-state index is 10.8. The predicted octanol–water partition coefficient (Wildman–Crippen LogP) is 5.91. The van der Waals surface area contributed by atoms with E-state index in [4.69, 9.17) is 4.74 Å². The fourth-order valence-corrected chi connectivity index (χ4v) is 2.85. The van der Waals surface area contributed by atoms with Crippen LogP contribution in [0, 0.1) is 21.6 Å². The van der Waals surface area contributed by atoms with Crippen LogP contribution >= 0.6 is 0 Å². The van der Waals surface area contributed by atoms with E-state index in [9.17, 15) is 10.1 Å². The first-order chi connectivity index (χ1) is 12.0.